The molecule has 7 nitrogen and oxygen atoms in total. The third-order valence-corrected chi connectivity index (χ3v) is 25.7. The van der Waals surface area contributed by atoms with E-state index in [1.807, 2.05) is 18.4 Å². The lowest BCUT2D eigenvalue weighted by atomic mass is 9.95. The van der Waals surface area contributed by atoms with Gasteiger partial charge in [-0.3, -0.25) is 0 Å². The van der Waals surface area contributed by atoms with Crippen molar-refractivity contribution in [2.24, 2.45) is 0 Å². The van der Waals surface area contributed by atoms with E-state index in [4.69, 9.17) is 28.9 Å². The van der Waals surface area contributed by atoms with Gasteiger partial charge in [0.15, 0.2) is 11.0 Å². The van der Waals surface area contributed by atoms with Gasteiger partial charge in [-0.05, 0) is 75.9 Å². The summed E-state index contributed by atoms with van der Waals surface area (Å²) < 4.78 is 53.7. The number of hydrogen-bond donors (Lipinski definition) is 0. The number of halogens is 2. The average Bonchev–Trinajstić information content (AvgIpc) is 3.94. The first-order valence-electron chi connectivity index (χ1n) is 20.8. The summed E-state index contributed by atoms with van der Waals surface area (Å²) in [6.07, 6.45) is 3.70. The van der Waals surface area contributed by atoms with Crippen LogP contribution in [0.2, 0.25) is 33.2 Å². The molecule has 2 unspecified atom stereocenters. The van der Waals surface area contributed by atoms with E-state index in [1.54, 1.807) is 6.07 Å². The van der Waals surface area contributed by atoms with Crippen molar-refractivity contribution in [3.05, 3.63) is 41.5 Å². The van der Waals surface area contributed by atoms with Gasteiger partial charge >= 0.3 is 0 Å². The Morgan fingerprint density at radius 2 is 1.51 bits per heavy atom. The van der Waals surface area contributed by atoms with Crippen molar-refractivity contribution in [3.63, 3.8) is 0 Å². The Kier molecular flexibility index (Phi) is 12.8. The largest absolute Gasteiger partial charge is 0.543 e. The van der Waals surface area contributed by atoms with Crippen LogP contribution >= 0.6 is 11.8 Å². The zero-order valence-corrected chi connectivity index (χ0v) is 39.3. The SMILES string of the molecule is COc1nc(-c2cc(O[Si](C(C)C)(C(C)C)C(C)C)cc3ccc(F)c(C#C[Si](C(C)C)(C(C)C)C(C)C)c23)c(F)c2nc(SC)nc(N3CCCOC4CC43)c12. The van der Waals surface area contributed by atoms with Gasteiger partial charge in [0.1, 0.15) is 42.1 Å². The van der Waals surface area contributed by atoms with Crippen LogP contribution in [-0.4, -0.2) is 70.0 Å². The van der Waals surface area contributed by atoms with Crippen molar-refractivity contribution in [2.45, 2.75) is 146 Å². The van der Waals surface area contributed by atoms with E-state index in [9.17, 15) is 0 Å². The van der Waals surface area contributed by atoms with Gasteiger partial charge in [-0.1, -0.05) is 107 Å². The molecule has 4 aromatic rings. The standard InChI is InChI=1S/C45H62F2N4O3SSi2/c1-25(2)56(26(3)4,27(5)6)21-18-33-35(46)17-16-31-22-32(54-57(28(7)8,29(9)10)30(11)12)23-34(38(31)33)41-40(47)42-39(44(48-41)52-13)43(50-45(49-42)55-14)51-19-15-20-53-37-24-36(37)51/h16-17,22-23,25-30,36-37H,15,19-20,24H2,1-14H3. The molecule has 1 aliphatic carbocycles. The van der Waals surface area contributed by atoms with Crippen molar-refractivity contribution in [1.29, 1.82) is 0 Å². The molecule has 2 atom stereocenters. The zero-order chi connectivity index (χ0) is 41.7. The molecule has 0 bridgehead atoms. The minimum Gasteiger partial charge on any atom is -0.543 e. The highest BCUT2D eigenvalue weighted by atomic mass is 32.2. The van der Waals surface area contributed by atoms with E-state index >= 15 is 8.78 Å². The second kappa shape index (κ2) is 16.8. The first-order chi connectivity index (χ1) is 26.9. The Balaban J connectivity index is 1.72. The van der Waals surface area contributed by atoms with Crippen molar-refractivity contribution in [3.8, 4) is 34.4 Å². The molecule has 308 valence electrons. The van der Waals surface area contributed by atoms with E-state index in [1.165, 1.54) is 24.9 Å². The van der Waals surface area contributed by atoms with Crippen molar-refractivity contribution < 1.29 is 22.7 Å². The Morgan fingerprint density at radius 3 is 2.09 bits per heavy atom. The maximum absolute atomic E-state index is 17.8. The highest BCUT2D eigenvalue weighted by Crippen LogP contribution is 2.48. The lowest BCUT2D eigenvalue weighted by Gasteiger charge is -2.42. The average molecular weight is 833 g/mol. The van der Waals surface area contributed by atoms with E-state index in [2.05, 4.69) is 99.4 Å². The van der Waals surface area contributed by atoms with Crippen LogP contribution in [0, 0.1) is 23.1 Å². The summed E-state index contributed by atoms with van der Waals surface area (Å²) in [6, 6.07) is 7.21. The molecular formula is C45H62F2N4O3SSi2. The van der Waals surface area contributed by atoms with Crippen LogP contribution in [0.3, 0.4) is 0 Å². The van der Waals surface area contributed by atoms with Gasteiger partial charge in [0.05, 0.1) is 24.8 Å². The summed E-state index contributed by atoms with van der Waals surface area (Å²) in [6.45, 7) is 28.3. The topological polar surface area (TPSA) is 69.6 Å². The monoisotopic (exact) mass is 832 g/mol. The van der Waals surface area contributed by atoms with Crippen molar-refractivity contribution in [1.82, 2.24) is 15.0 Å². The van der Waals surface area contributed by atoms with Gasteiger partial charge in [0.25, 0.3) is 8.32 Å². The summed E-state index contributed by atoms with van der Waals surface area (Å²) in [5, 5.41) is 2.06. The second-order valence-corrected chi connectivity index (χ2v) is 29.6. The summed E-state index contributed by atoms with van der Waals surface area (Å²) in [5.41, 5.74) is 6.39. The van der Waals surface area contributed by atoms with Gasteiger partial charge in [-0.15, -0.1) is 5.54 Å². The summed E-state index contributed by atoms with van der Waals surface area (Å²) in [5.74, 6) is 3.75. The van der Waals surface area contributed by atoms with Crippen LogP contribution < -0.4 is 14.1 Å². The Labute approximate surface area is 345 Å². The summed E-state index contributed by atoms with van der Waals surface area (Å²) >= 11 is 1.36. The normalized spacial score (nSPS) is 17.6. The molecule has 0 N–H and O–H groups in total. The number of nitrogens with zero attached hydrogens (tertiary/aromatic N) is 4. The number of pyridine rings is 1. The molecular weight excluding hydrogens is 771 g/mol. The number of benzene rings is 2. The first kappa shape index (κ1) is 43.3. The minimum absolute atomic E-state index is 0.00893. The third-order valence-electron chi connectivity index (χ3n) is 12.9. The molecule has 2 aliphatic rings. The molecule has 1 saturated heterocycles. The minimum atomic E-state index is -2.48. The van der Waals surface area contributed by atoms with E-state index < -0.39 is 28.0 Å². The number of fused-ring (bicyclic) bond motifs is 3. The van der Waals surface area contributed by atoms with Crippen LogP contribution in [0.4, 0.5) is 14.6 Å². The molecule has 0 radical (unpaired) electrons. The van der Waals surface area contributed by atoms with Crippen LogP contribution in [0.25, 0.3) is 32.9 Å². The molecule has 2 fully saturated rings. The number of ether oxygens (including phenoxy) is 2. The van der Waals surface area contributed by atoms with Gasteiger partial charge in [-0.2, -0.15) is 0 Å². The van der Waals surface area contributed by atoms with E-state index in [0.29, 0.717) is 84.8 Å². The van der Waals surface area contributed by atoms with E-state index in [-0.39, 0.29) is 34.8 Å². The van der Waals surface area contributed by atoms with Crippen LogP contribution in [-0.2, 0) is 4.74 Å². The van der Waals surface area contributed by atoms with E-state index in [0.717, 1.165) is 12.8 Å². The van der Waals surface area contributed by atoms with Crippen LogP contribution in [0.5, 0.6) is 11.6 Å². The fourth-order valence-corrected chi connectivity index (χ4v) is 21.0. The first-order valence-corrected chi connectivity index (χ1v) is 26.4. The highest BCUT2D eigenvalue weighted by molar-refractivity contribution is 7.98. The smallest absolute Gasteiger partial charge is 0.258 e. The number of hydrogen-bond acceptors (Lipinski definition) is 8. The van der Waals surface area contributed by atoms with Gasteiger partial charge in [0.2, 0.25) is 5.88 Å². The lowest BCUT2D eigenvalue weighted by molar-refractivity contribution is 0.124. The maximum Gasteiger partial charge on any atom is 0.258 e. The quantitative estimate of drug-likeness (QED) is 0.0605. The molecule has 0 amide bonds. The number of aromatic nitrogens is 3. The molecule has 1 aliphatic heterocycles. The van der Waals surface area contributed by atoms with Crippen LogP contribution in [0.15, 0.2) is 29.4 Å². The molecule has 57 heavy (non-hydrogen) atoms. The molecule has 1 saturated carbocycles. The molecule has 2 aromatic heterocycles. The maximum atomic E-state index is 17.8. The molecule has 2 aromatic carbocycles. The van der Waals surface area contributed by atoms with Gasteiger partial charge in [-0.25, -0.2) is 23.7 Å². The summed E-state index contributed by atoms with van der Waals surface area (Å²) in [7, 11) is -3.23. The van der Waals surface area contributed by atoms with Crippen molar-refractivity contribution >= 4 is 55.6 Å². The lowest BCUT2D eigenvalue weighted by Crippen LogP contribution is -2.50. The number of anilines is 1. The molecule has 3 heterocycles. The Morgan fingerprint density at radius 1 is 0.860 bits per heavy atom. The molecule has 6 rings (SSSR count). The number of rotatable bonds is 12. The number of methoxy groups -OCH3 is 1. The summed E-state index contributed by atoms with van der Waals surface area (Å²) in [4.78, 5) is 16.9. The molecule has 0 spiro atoms. The highest BCUT2D eigenvalue weighted by Gasteiger charge is 2.48. The zero-order valence-electron chi connectivity index (χ0n) is 36.4. The fourth-order valence-electron chi connectivity index (χ4n) is 10.2. The Hall–Kier alpha value is -3.25. The Bertz CT molecular complexity index is 2160. The predicted octanol–water partition coefficient (Wildman–Crippen LogP) is 12.3. The number of thioether (sulfide) groups is 1. The predicted molar refractivity (Wildman–Crippen MR) is 238 cm³/mol. The van der Waals surface area contributed by atoms with Gasteiger partial charge in [0, 0.05) is 24.1 Å². The fraction of sp³-hybridized carbons (Fsp3) is 0.578. The second-order valence-electron chi connectivity index (χ2n) is 17.9. The third kappa shape index (κ3) is 7.60. The van der Waals surface area contributed by atoms with Crippen molar-refractivity contribution in [2.75, 3.05) is 31.4 Å². The molecule has 12 heteroatoms. The van der Waals surface area contributed by atoms with Crippen LogP contribution in [0.1, 0.15) is 101 Å². The van der Waals surface area contributed by atoms with Gasteiger partial charge < -0.3 is 18.8 Å².